The molecule has 2 aliphatic heterocycles. The van der Waals surface area contributed by atoms with Gasteiger partial charge >= 0.3 is 5.97 Å². The van der Waals surface area contributed by atoms with E-state index in [0.717, 1.165) is 4.68 Å². The molecule has 4 rings (SSSR count). The maximum absolute atomic E-state index is 13.1. The van der Waals surface area contributed by atoms with Gasteiger partial charge in [-0.3, -0.25) is 14.9 Å². The van der Waals surface area contributed by atoms with Gasteiger partial charge in [0.05, 0.1) is 30.4 Å². The fraction of sp³-hybridized carbons (Fsp3) is 0.0952. The molecule has 0 saturated heterocycles. The minimum absolute atomic E-state index is 0.00233. The highest BCUT2D eigenvalue weighted by Gasteiger charge is 2.26. The van der Waals surface area contributed by atoms with E-state index < -0.39 is 16.5 Å². The maximum Gasteiger partial charge on any atom is 0.341 e. The van der Waals surface area contributed by atoms with E-state index in [1.165, 1.54) is 49.4 Å². The van der Waals surface area contributed by atoms with Crippen molar-refractivity contribution in [3.63, 3.8) is 0 Å². The number of ether oxygens (including phenoxy) is 2. The Hall–Kier alpha value is -4.47. The van der Waals surface area contributed by atoms with E-state index in [9.17, 15) is 19.7 Å². The average molecular weight is 420 g/mol. The third-order valence-electron chi connectivity index (χ3n) is 4.75. The third-order valence-corrected chi connectivity index (χ3v) is 4.75. The highest BCUT2D eigenvalue weighted by molar-refractivity contribution is 5.96. The van der Waals surface area contributed by atoms with Crippen LogP contribution in [0, 0.1) is 10.1 Å². The number of rotatable bonds is 5. The molecule has 0 aliphatic carbocycles. The molecule has 10 heteroatoms. The van der Waals surface area contributed by atoms with Gasteiger partial charge in [0.15, 0.2) is 0 Å². The normalized spacial score (nSPS) is 10.8. The van der Waals surface area contributed by atoms with Crippen molar-refractivity contribution in [2.24, 2.45) is 0 Å². The van der Waals surface area contributed by atoms with Gasteiger partial charge in [-0.1, -0.05) is 12.1 Å². The van der Waals surface area contributed by atoms with Crippen molar-refractivity contribution in [1.29, 1.82) is 0 Å². The summed E-state index contributed by atoms with van der Waals surface area (Å²) in [4.78, 5) is 36.5. The topological polar surface area (TPSA) is 118 Å². The average Bonchev–Trinajstić information content (AvgIpc) is 3.14. The molecule has 0 spiro atoms. The molecule has 31 heavy (non-hydrogen) atoms. The van der Waals surface area contributed by atoms with Crippen LogP contribution in [0.15, 0.2) is 65.7 Å². The number of hydrogen-bond donors (Lipinski definition) is 0. The molecule has 0 N–H and O–H groups in total. The number of methoxy groups -OCH3 is 2. The van der Waals surface area contributed by atoms with E-state index in [0.29, 0.717) is 11.4 Å². The first-order chi connectivity index (χ1) is 14.9. The highest BCUT2D eigenvalue weighted by atomic mass is 16.6. The second-order valence-corrected chi connectivity index (χ2v) is 6.49. The van der Waals surface area contributed by atoms with E-state index in [-0.39, 0.29) is 28.2 Å². The second-order valence-electron chi connectivity index (χ2n) is 6.49. The lowest BCUT2D eigenvalue weighted by molar-refractivity contribution is -0.384. The summed E-state index contributed by atoms with van der Waals surface area (Å²) in [6.07, 6.45) is 2.78. The minimum atomic E-state index is -0.725. The molecule has 0 atom stereocenters. The van der Waals surface area contributed by atoms with E-state index >= 15 is 0 Å². The number of aromatic nitrogens is 3. The van der Waals surface area contributed by atoms with Crippen molar-refractivity contribution in [2.45, 2.75) is 0 Å². The van der Waals surface area contributed by atoms with E-state index in [4.69, 9.17) is 9.47 Å². The Morgan fingerprint density at radius 3 is 2.42 bits per heavy atom. The number of pyridine rings is 1. The summed E-state index contributed by atoms with van der Waals surface area (Å²) < 4.78 is 12.5. The fourth-order valence-corrected chi connectivity index (χ4v) is 3.24. The first kappa shape index (κ1) is 19.8. The van der Waals surface area contributed by atoms with Crippen LogP contribution in [0.5, 0.6) is 5.75 Å². The van der Waals surface area contributed by atoms with Gasteiger partial charge in [0, 0.05) is 18.5 Å². The number of para-hydroxylation sites is 2. The van der Waals surface area contributed by atoms with Gasteiger partial charge in [0.1, 0.15) is 22.7 Å². The summed E-state index contributed by atoms with van der Waals surface area (Å²) in [7, 11) is 2.73. The predicted octanol–water partition coefficient (Wildman–Crippen LogP) is 2.83. The van der Waals surface area contributed by atoms with E-state index in [1.54, 1.807) is 30.3 Å². The lowest BCUT2D eigenvalue weighted by atomic mass is 10.1. The van der Waals surface area contributed by atoms with Crippen LogP contribution in [0.3, 0.4) is 0 Å². The monoisotopic (exact) mass is 420 g/mol. The molecule has 0 radical (unpaired) electrons. The molecule has 0 aromatic heterocycles. The Bertz CT molecular complexity index is 1320. The molecule has 0 unspecified atom stereocenters. The molecule has 0 fully saturated rings. The third kappa shape index (κ3) is 3.39. The van der Waals surface area contributed by atoms with Crippen molar-refractivity contribution < 1.29 is 19.2 Å². The molecule has 0 amide bonds. The van der Waals surface area contributed by atoms with Crippen molar-refractivity contribution in [2.75, 3.05) is 14.2 Å². The Morgan fingerprint density at radius 1 is 1.06 bits per heavy atom. The molecule has 2 aliphatic rings. The number of benzene rings is 2. The fourth-order valence-electron chi connectivity index (χ4n) is 3.24. The smallest absolute Gasteiger partial charge is 0.341 e. The largest absolute Gasteiger partial charge is 0.497 e. The number of hydrogen-bond acceptors (Lipinski definition) is 7. The summed E-state index contributed by atoms with van der Waals surface area (Å²) in [5, 5.41) is 15.8. The van der Waals surface area contributed by atoms with Crippen LogP contribution in [0.25, 0.3) is 22.6 Å². The van der Waals surface area contributed by atoms with Gasteiger partial charge < -0.3 is 14.0 Å². The Balaban J connectivity index is 1.99. The first-order valence-corrected chi connectivity index (χ1v) is 9.06. The van der Waals surface area contributed by atoms with Crippen molar-refractivity contribution in [3.05, 3.63) is 87.0 Å². The SMILES string of the molecule is COC(=O)c1cn(-c2ccccc2[N+](=O)[O-])cc2c(=O)n(-c3ccc(OC)cc3)nc1-2. The van der Waals surface area contributed by atoms with Crippen molar-refractivity contribution >= 4 is 11.7 Å². The molecular weight excluding hydrogens is 404 g/mol. The van der Waals surface area contributed by atoms with Gasteiger partial charge in [0.2, 0.25) is 0 Å². The van der Waals surface area contributed by atoms with Crippen LogP contribution in [-0.2, 0) is 4.74 Å². The Morgan fingerprint density at radius 2 is 1.77 bits per heavy atom. The van der Waals surface area contributed by atoms with E-state index in [2.05, 4.69) is 5.10 Å². The van der Waals surface area contributed by atoms with Crippen LogP contribution in [0.1, 0.15) is 10.4 Å². The van der Waals surface area contributed by atoms with E-state index in [1.807, 2.05) is 0 Å². The van der Waals surface area contributed by atoms with Gasteiger partial charge in [-0.2, -0.15) is 9.78 Å². The minimum Gasteiger partial charge on any atom is -0.497 e. The molecule has 2 heterocycles. The lowest BCUT2D eigenvalue weighted by Gasteiger charge is -2.11. The number of nitro groups is 1. The van der Waals surface area contributed by atoms with Crippen LogP contribution < -0.4 is 10.3 Å². The van der Waals surface area contributed by atoms with Gasteiger partial charge in [0.25, 0.3) is 11.2 Å². The number of nitro benzene ring substituents is 1. The first-order valence-electron chi connectivity index (χ1n) is 9.06. The van der Waals surface area contributed by atoms with Crippen molar-refractivity contribution in [1.82, 2.24) is 14.3 Å². The molecule has 2 aromatic carbocycles. The summed E-state index contributed by atoms with van der Waals surface area (Å²) >= 11 is 0. The van der Waals surface area contributed by atoms with Gasteiger partial charge in [-0.05, 0) is 30.3 Å². The Labute approximate surface area is 175 Å². The highest BCUT2D eigenvalue weighted by Crippen LogP contribution is 2.28. The molecule has 156 valence electrons. The van der Waals surface area contributed by atoms with Crippen molar-refractivity contribution in [3.8, 4) is 28.4 Å². The molecule has 2 aromatic rings. The van der Waals surface area contributed by atoms with Gasteiger partial charge in [-0.15, -0.1) is 0 Å². The summed E-state index contributed by atoms with van der Waals surface area (Å²) in [6, 6.07) is 12.7. The second kappa shape index (κ2) is 7.75. The van der Waals surface area contributed by atoms with Crippen LogP contribution >= 0.6 is 0 Å². The molecule has 10 nitrogen and oxygen atoms in total. The molecule has 0 bridgehead atoms. The lowest BCUT2D eigenvalue weighted by Crippen LogP contribution is -2.15. The zero-order valence-electron chi connectivity index (χ0n) is 16.5. The zero-order chi connectivity index (χ0) is 22.1. The number of nitrogens with zero attached hydrogens (tertiary/aromatic N) is 4. The summed E-state index contributed by atoms with van der Waals surface area (Å²) in [6.45, 7) is 0. The Kier molecular flexibility index (Phi) is 4.96. The van der Waals surface area contributed by atoms with Gasteiger partial charge in [-0.25, -0.2) is 4.79 Å². The van der Waals surface area contributed by atoms with Crippen LogP contribution in [-0.4, -0.2) is 39.5 Å². The van der Waals surface area contributed by atoms with Crippen LogP contribution in [0.2, 0.25) is 0 Å². The standard InChI is InChI=1S/C21H16N4O6/c1-30-14-9-7-13(8-10-14)24-20(26)15-11-23(12-16(19(15)22-24)21(27)31-2)17-5-3-4-6-18(17)25(28)29/h3-12H,1-2H3. The quantitative estimate of drug-likeness (QED) is 0.277. The maximum atomic E-state index is 13.1. The number of carbonyl (C=O) groups is 1. The number of fused-ring (bicyclic) bond motifs is 1. The zero-order valence-corrected chi connectivity index (χ0v) is 16.5. The number of carbonyl (C=O) groups excluding carboxylic acids is 1. The summed E-state index contributed by atoms with van der Waals surface area (Å²) in [5.41, 5.74) is 0.226. The molecule has 0 saturated carbocycles. The number of esters is 1. The summed E-state index contributed by atoms with van der Waals surface area (Å²) in [5.74, 6) is -0.116. The molecular formula is C21H16N4O6. The van der Waals surface area contributed by atoms with Crippen LogP contribution in [0.4, 0.5) is 5.69 Å². The predicted molar refractivity (Wildman–Crippen MR) is 110 cm³/mol.